The quantitative estimate of drug-likeness (QED) is 0.854. The van der Waals surface area contributed by atoms with E-state index in [1.165, 1.54) is 4.57 Å². The Labute approximate surface area is 124 Å². The van der Waals surface area contributed by atoms with Gasteiger partial charge in [-0.3, -0.25) is 14.2 Å². The fourth-order valence-corrected chi connectivity index (χ4v) is 2.33. The number of carboxylic acids is 1. The number of aromatic nitrogens is 2. The average molecular weight is 311 g/mol. The largest absolute Gasteiger partial charge is 0.481 e. The van der Waals surface area contributed by atoms with Gasteiger partial charge in [0.2, 0.25) is 0 Å². The summed E-state index contributed by atoms with van der Waals surface area (Å²) in [6.07, 6.45) is -0.357. The van der Waals surface area contributed by atoms with Gasteiger partial charge in [0.05, 0.1) is 12.1 Å². The highest BCUT2D eigenvalue weighted by atomic mass is 35.5. The molecule has 20 heavy (non-hydrogen) atoms. The second kappa shape index (κ2) is 5.60. The Morgan fingerprint density at radius 2 is 2.00 bits per heavy atom. The van der Waals surface area contributed by atoms with Gasteiger partial charge in [-0.05, 0) is 43.4 Å². The number of hydrogen-bond acceptors (Lipinski definition) is 3. The van der Waals surface area contributed by atoms with E-state index in [4.69, 9.17) is 28.9 Å². The average Bonchev–Trinajstić information content (AvgIpc) is 2.36. The van der Waals surface area contributed by atoms with Gasteiger partial charge in [0.25, 0.3) is 5.56 Å². The minimum absolute atomic E-state index is 0.182. The van der Waals surface area contributed by atoms with Gasteiger partial charge in [0.1, 0.15) is 0 Å². The molecule has 1 aromatic carbocycles. The molecule has 0 aliphatic rings. The predicted octanol–water partition coefficient (Wildman–Crippen LogP) is 2.48. The lowest BCUT2D eigenvalue weighted by molar-refractivity contribution is -0.136. The number of H-pyrrole nitrogens is 1. The first kappa shape index (κ1) is 14.5. The molecule has 0 amide bonds. The highest BCUT2D eigenvalue weighted by Gasteiger charge is 2.14. The predicted molar refractivity (Wildman–Crippen MR) is 78.3 cm³/mol. The summed E-state index contributed by atoms with van der Waals surface area (Å²) in [6.45, 7) is 1.63. The van der Waals surface area contributed by atoms with Crippen LogP contribution >= 0.6 is 23.8 Å². The third kappa shape index (κ3) is 2.81. The van der Waals surface area contributed by atoms with Gasteiger partial charge in [-0.25, -0.2) is 0 Å². The van der Waals surface area contributed by atoms with Crippen molar-refractivity contribution >= 4 is 29.8 Å². The van der Waals surface area contributed by atoms with Crippen LogP contribution in [0.1, 0.15) is 11.3 Å². The van der Waals surface area contributed by atoms with Crippen molar-refractivity contribution in [3.63, 3.8) is 0 Å². The van der Waals surface area contributed by atoms with Gasteiger partial charge < -0.3 is 10.1 Å². The molecular formula is C13H11ClN2O3S. The van der Waals surface area contributed by atoms with Gasteiger partial charge in [-0.1, -0.05) is 11.6 Å². The number of rotatable bonds is 3. The Kier molecular flexibility index (Phi) is 4.06. The van der Waals surface area contributed by atoms with E-state index < -0.39 is 11.5 Å². The number of carboxylic acid groups (broad SMARTS) is 1. The lowest BCUT2D eigenvalue weighted by atomic mass is 10.1. The van der Waals surface area contributed by atoms with E-state index in [1.54, 1.807) is 31.2 Å². The lowest BCUT2D eigenvalue weighted by Crippen LogP contribution is -2.27. The summed E-state index contributed by atoms with van der Waals surface area (Å²) in [5, 5.41) is 9.41. The minimum atomic E-state index is -1.07. The lowest BCUT2D eigenvalue weighted by Gasteiger charge is -2.10. The van der Waals surface area contributed by atoms with Crippen LogP contribution in [0.25, 0.3) is 5.69 Å². The number of carbonyl (C=O) groups is 1. The van der Waals surface area contributed by atoms with Gasteiger partial charge in [-0.2, -0.15) is 0 Å². The first-order valence-corrected chi connectivity index (χ1v) is 6.51. The zero-order chi connectivity index (χ0) is 14.9. The molecule has 1 aromatic heterocycles. The van der Waals surface area contributed by atoms with E-state index in [0.717, 1.165) is 0 Å². The number of aliphatic carboxylic acids is 1. The maximum absolute atomic E-state index is 12.4. The molecule has 1 heterocycles. The molecule has 2 aromatic rings. The highest BCUT2D eigenvalue weighted by Crippen LogP contribution is 2.13. The van der Waals surface area contributed by atoms with Gasteiger partial charge in [0.15, 0.2) is 4.77 Å². The van der Waals surface area contributed by atoms with E-state index in [2.05, 4.69) is 4.98 Å². The third-order valence-corrected chi connectivity index (χ3v) is 3.36. The van der Waals surface area contributed by atoms with Crippen LogP contribution in [0.4, 0.5) is 0 Å². The van der Waals surface area contributed by atoms with Crippen LogP contribution in [0.3, 0.4) is 0 Å². The Morgan fingerprint density at radius 3 is 2.55 bits per heavy atom. The fourth-order valence-electron chi connectivity index (χ4n) is 1.86. The summed E-state index contributed by atoms with van der Waals surface area (Å²) < 4.78 is 1.47. The molecule has 104 valence electrons. The molecule has 0 spiro atoms. The van der Waals surface area contributed by atoms with Gasteiger partial charge >= 0.3 is 5.97 Å². The Morgan fingerprint density at radius 1 is 1.40 bits per heavy atom. The summed E-state index contributed by atoms with van der Waals surface area (Å²) in [5.74, 6) is -1.07. The maximum Gasteiger partial charge on any atom is 0.308 e. The van der Waals surface area contributed by atoms with Crippen molar-refractivity contribution in [1.29, 1.82) is 0 Å². The standard InChI is InChI=1S/C13H11ClN2O3S/c1-7-10(6-11(17)18)12(19)16(13(20)15-7)9-4-2-8(14)3-5-9/h2-5H,6H2,1H3,(H,15,20)(H,17,18). The fraction of sp³-hybridized carbons (Fsp3) is 0.154. The Hall–Kier alpha value is -1.92. The van der Waals surface area contributed by atoms with E-state index in [-0.39, 0.29) is 16.8 Å². The van der Waals surface area contributed by atoms with Crippen molar-refractivity contribution in [2.45, 2.75) is 13.3 Å². The van der Waals surface area contributed by atoms with Gasteiger partial charge in [0, 0.05) is 16.3 Å². The molecule has 0 saturated heterocycles. The molecule has 0 aliphatic carbocycles. The maximum atomic E-state index is 12.4. The topological polar surface area (TPSA) is 75.1 Å². The minimum Gasteiger partial charge on any atom is -0.481 e. The second-order valence-electron chi connectivity index (χ2n) is 4.22. The molecule has 0 saturated carbocycles. The molecule has 2 rings (SSSR count). The molecule has 0 bridgehead atoms. The van der Waals surface area contributed by atoms with Crippen LogP contribution in [0.5, 0.6) is 0 Å². The number of nitrogens with one attached hydrogen (secondary N) is 1. The molecule has 0 aliphatic heterocycles. The van der Waals surface area contributed by atoms with Crippen molar-refractivity contribution in [2.75, 3.05) is 0 Å². The molecule has 5 nitrogen and oxygen atoms in total. The third-order valence-electron chi connectivity index (χ3n) is 2.82. The smallest absolute Gasteiger partial charge is 0.308 e. The summed E-state index contributed by atoms with van der Waals surface area (Å²) >= 11 is 10.9. The van der Waals surface area contributed by atoms with E-state index in [9.17, 15) is 9.59 Å². The number of aryl methyl sites for hydroxylation is 1. The summed E-state index contributed by atoms with van der Waals surface area (Å²) in [4.78, 5) is 26.1. The molecule has 2 N–H and O–H groups in total. The van der Waals surface area contributed by atoms with Crippen LogP contribution in [0.2, 0.25) is 5.02 Å². The number of nitrogens with zero attached hydrogens (tertiary/aromatic N) is 1. The van der Waals surface area contributed by atoms with Crippen molar-refractivity contribution in [3.8, 4) is 5.69 Å². The monoisotopic (exact) mass is 310 g/mol. The SMILES string of the molecule is Cc1[nH]c(=S)n(-c2ccc(Cl)cc2)c(=O)c1CC(=O)O. The van der Waals surface area contributed by atoms with E-state index in [0.29, 0.717) is 16.4 Å². The Balaban J connectivity index is 2.70. The van der Waals surface area contributed by atoms with Crippen LogP contribution in [-0.2, 0) is 11.2 Å². The molecule has 0 atom stereocenters. The zero-order valence-corrected chi connectivity index (χ0v) is 12.1. The van der Waals surface area contributed by atoms with E-state index in [1.807, 2.05) is 0 Å². The van der Waals surface area contributed by atoms with E-state index >= 15 is 0 Å². The summed E-state index contributed by atoms with van der Waals surface area (Å²) in [6, 6.07) is 6.56. The van der Waals surface area contributed by atoms with Crippen molar-refractivity contribution < 1.29 is 9.90 Å². The first-order chi connectivity index (χ1) is 9.40. The summed E-state index contributed by atoms with van der Waals surface area (Å²) in [7, 11) is 0. The van der Waals surface area contributed by atoms with Crippen molar-refractivity contribution in [1.82, 2.24) is 9.55 Å². The zero-order valence-electron chi connectivity index (χ0n) is 10.5. The number of hydrogen-bond donors (Lipinski definition) is 2. The highest BCUT2D eigenvalue weighted by molar-refractivity contribution is 7.71. The van der Waals surface area contributed by atoms with Crippen LogP contribution < -0.4 is 5.56 Å². The molecule has 0 fully saturated rings. The molecular weight excluding hydrogens is 300 g/mol. The Bertz CT molecular complexity index is 778. The molecule has 7 heteroatoms. The normalized spacial score (nSPS) is 10.5. The van der Waals surface area contributed by atoms with Crippen molar-refractivity contribution in [2.24, 2.45) is 0 Å². The first-order valence-electron chi connectivity index (χ1n) is 5.72. The summed E-state index contributed by atoms with van der Waals surface area (Å²) in [5.41, 5.74) is 0.747. The second-order valence-corrected chi connectivity index (χ2v) is 5.04. The van der Waals surface area contributed by atoms with Gasteiger partial charge in [-0.15, -0.1) is 0 Å². The number of aromatic amines is 1. The number of halogens is 1. The van der Waals surface area contributed by atoms with Crippen LogP contribution in [0.15, 0.2) is 29.1 Å². The molecule has 0 radical (unpaired) electrons. The number of benzene rings is 1. The molecule has 0 unspecified atom stereocenters. The van der Waals surface area contributed by atoms with Crippen LogP contribution in [-0.4, -0.2) is 20.6 Å². The van der Waals surface area contributed by atoms with Crippen LogP contribution in [0, 0.1) is 11.7 Å². The van der Waals surface area contributed by atoms with Crippen molar-refractivity contribution in [3.05, 3.63) is 55.7 Å².